The van der Waals surface area contributed by atoms with Crippen LogP contribution in [0.2, 0.25) is 0 Å². The van der Waals surface area contributed by atoms with Crippen molar-refractivity contribution in [2.45, 2.75) is 50.2 Å². The van der Waals surface area contributed by atoms with Crippen LogP contribution < -0.4 is 5.32 Å². The minimum Gasteiger partial charge on any atom is -0.320 e. The minimum atomic E-state index is -4.86. The molecule has 1 heterocycles. The first-order chi connectivity index (χ1) is 19.1. The molecule has 2 saturated carbocycles. The highest BCUT2D eigenvalue weighted by molar-refractivity contribution is 5.89. The number of benzene rings is 2. The Hall–Kier alpha value is -3.16. The molecule has 0 aromatic heterocycles. The van der Waals surface area contributed by atoms with Gasteiger partial charge < -0.3 is 15.1 Å². The molecule has 40 heavy (non-hydrogen) atoms. The molecule has 214 valence electrons. The number of alkyl halides is 3. The van der Waals surface area contributed by atoms with Gasteiger partial charge in [-0.05, 0) is 74.0 Å². The Morgan fingerprint density at radius 2 is 1.85 bits per heavy atom. The first-order valence-electron chi connectivity index (χ1n) is 14.0. The molecule has 0 bridgehead atoms. The third-order valence-electron chi connectivity index (χ3n) is 8.90. The first kappa shape index (κ1) is 28.4. The van der Waals surface area contributed by atoms with Gasteiger partial charge in [-0.3, -0.25) is 4.90 Å². The summed E-state index contributed by atoms with van der Waals surface area (Å²) >= 11 is 0. The maximum absolute atomic E-state index is 13.9. The van der Waals surface area contributed by atoms with Gasteiger partial charge in [0.1, 0.15) is 5.82 Å². The Balaban J connectivity index is 1.33. The summed E-state index contributed by atoms with van der Waals surface area (Å²) in [7, 11) is 0. The predicted molar refractivity (Wildman–Crippen MR) is 144 cm³/mol. The normalized spacial score (nSPS) is 24.8. The van der Waals surface area contributed by atoms with Gasteiger partial charge >= 0.3 is 12.2 Å². The van der Waals surface area contributed by atoms with Crippen molar-refractivity contribution >= 4 is 11.7 Å². The summed E-state index contributed by atoms with van der Waals surface area (Å²) in [6, 6.07) is 11.9. The first-order valence-corrected chi connectivity index (χ1v) is 14.0. The van der Waals surface area contributed by atoms with Gasteiger partial charge in [-0.2, -0.15) is 18.4 Å². The second-order valence-electron chi connectivity index (χ2n) is 11.3. The van der Waals surface area contributed by atoms with Crippen LogP contribution >= 0.6 is 0 Å². The average molecular weight is 558 g/mol. The molecule has 10 heteroatoms. The number of fused-ring (bicyclic) bond motifs is 1. The number of anilines is 1. The molecule has 3 fully saturated rings. The van der Waals surface area contributed by atoms with E-state index in [-0.39, 0.29) is 23.1 Å². The molecule has 2 amide bonds. The number of hydrogen-bond donors (Lipinski definition) is 1. The van der Waals surface area contributed by atoms with Gasteiger partial charge in [0.2, 0.25) is 0 Å². The highest BCUT2D eigenvalue weighted by Gasteiger charge is 2.64. The molecule has 2 aliphatic carbocycles. The van der Waals surface area contributed by atoms with Crippen molar-refractivity contribution in [3.8, 4) is 6.07 Å². The topological polar surface area (TPSA) is 62.6 Å². The van der Waals surface area contributed by atoms with E-state index in [9.17, 15) is 27.6 Å². The number of hydrogen-bond acceptors (Lipinski definition) is 4. The van der Waals surface area contributed by atoms with Crippen LogP contribution in [-0.2, 0) is 11.6 Å². The molecule has 3 aliphatic rings. The maximum Gasteiger partial charge on any atom is 0.419 e. The molecule has 1 saturated heterocycles. The van der Waals surface area contributed by atoms with Gasteiger partial charge in [0.25, 0.3) is 0 Å². The number of nitrogens with one attached hydrogen (secondary N) is 1. The Bertz CT molecular complexity index is 1270. The lowest BCUT2D eigenvalue weighted by Crippen LogP contribution is -2.51. The fourth-order valence-corrected chi connectivity index (χ4v) is 6.72. The van der Waals surface area contributed by atoms with E-state index in [1.54, 1.807) is 11.0 Å². The van der Waals surface area contributed by atoms with Crippen molar-refractivity contribution in [3.63, 3.8) is 0 Å². The van der Waals surface area contributed by atoms with Crippen molar-refractivity contribution in [3.05, 3.63) is 65.0 Å². The highest BCUT2D eigenvalue weighted by atomic mass is 19.4. The van der Waals surface area contributed by atoms with E-state index >= 15 is 0 Å². The third-order valence-corrected chi connectivity index (χ3v) is 8.90. The van der Waals surface area contributed by atoms with Crippen LogP contribution in [-0.4, -0.2) is 72.6 Å². The van der Waals surface area contributed by atoms with E-state index in [0.717, 1.165) is 76.1 Å². The molecule has 0 unspecified atom stereocenters. The van der Waals surface area contributed by atoms with E-state index in [4.69, 9.17) is 0 Å². The van der Waals surface area contributed by atoms with Crippen molar-refractivity contribution < 1.29 is 22.4 Å². The largest absolute Gasteiger partial charge is 0.419 e. The molecule has 2 aromatic carbocycles. The van der Waals surface area contributed by atoms with E-state index in [0.29, 0.717) is 24.7 Å². The summed E-state index contributed by atoms with van der Waals surface area (Å²) in [6.45, 7) is 8.10. The van der Waals surface area contributed by atoms with Gasteiger partial charge in [-0.25, -0.2) is 9.18 Å². The van der Waals surface area contributed by atoms with Gasteiger partial charge in [-0.1, -0.05) is 19.1 Å². The van der Waals surface area contributed by atoms with Crippen molar-refractivity contribution in [2.75, 3.05) is 51.1 Å². The Kier molecular flexibility index (Phi) is 8.07. The standard InChI is InChI=1S/C30H35F4N5O/c1-2-10-37-11-13-38(14-12-37)15-16-39(28(40)36-23-6-7-26(31)24(18-23)30(32,33)34)27-8-9-29(19-25(27)29)22-5-3-4-21(17-22)20-35/h3-7,17-18,25,27H,2,8-16,19H2,1H3,(H,36,40)/t25-,27-,29-/m1/s1. The molecule has 1 aliphatic heterocycles. The van der Waals surface area contributed by atoms with Crippen LogP contribution in [0, 0.1) is 23.1 Å². The number of urea groups is 1. The van der Waals surface area contributed by atoms with E-state index < -0.39 is 23.6 Å². The number of amides is 2. The number of halogens is 4. The molecule has 1 N–H and O–H groups in total. The average Bonchev–Trinajstić information content (AvgIpc) is 3.57. The summed E-state index contributed by atoms with van der Waals surface area (Å²) in [4.78, 5) is 20.2. The summed E-state index contributed by atoms with van der Waals surface area (Å²) in [6.07, 6.45) is -1.19. The lowest BCUT2D eigenvalue weighted by atomic mass is 9.92. The fraction of sp³-hybridized carbons (Fsp3) is 0.533. The van der Waals surface area contributed by atoms with Crippen LogP contribution in [0.4, 0.5) is 28.0 Å². The van der Waals surface area contributed by atoms with Gasteiger partial charge in [0, 0.05) is 56.4 Å². The van der Waals surface area contributed by atoms with Crippen molar-refractivity contribution in [1.29, 1.82) is 5.26 Å². The van der Waals surface area contributed by atoms with Crippen LogP contribution in [0.25, 0.3) is 0 Å². The van der Waals surface area contributed by atoms with Gasteiger partial charge in [0.15, 0.2) is 0 Å². The Morgan fingerprint density at radius 1 is 1.12 bits per heavy atom. The van der Waals surface area contributed by atoms with Crippen LogP contribution in [0.1, 0.15) is 49.3 Å². The number of piperazine rings is 1. The summed E-state index contributed by atoms with van der Waals surface area (Å²) < 4.78 is 53.7. The van der Waals surface area contributed by atoms with Crippen LogP contribution in [0.5, 0.6) is 0 Å². The lowest BCUT2D eigenvalue weighted by molar-refractivity contribution is -0.139. The molecule has 5 rings (SSSR count). The predicted octanol–water partition coefficient (Wildman–Crippen LogP) is 5.70. The number of nitriles is 1. The third kappa shape index (κ3) is 5.81. The summed E-state index contributed by atoms with van der Waals surface area (Å²) in [5.74, 6) is -1.16. The van der Waals surface area contributed by atoms with Crippen LogP contribution in [0.15, 0.2) is 42.5 Å². The molecule has 6 nitrogen and oxygen atoms in total. The molecule has 3 atom stereocenters. The lowest BCUT2D eigenvalue weighted by Gasteiger charge is -2.37. The monoisotopic (exact) mass is 557 g/mol. The number of nitrogens with zero attached hydrogens (tertiary/aromatic N) is 4. The van der Waals surface area contributed by atoms with E-state index in [1.807, 2.05) is 18.2 Å². The zero-order valence-electron chi connectivity index (χ0n) is 22.7. The fourth-order valence-electron chi connectivity index (χ4n) is 6.72. The smallest absolute Gasteiger partial charge is 0.320 e. The van der Waals surface area contributed by atoms with Gasteiger partial charge in [-0.15, -0.1) is 0 Å². The molecule has 2 aromatic rings. The highest BCUT2D eigenvalue weighted by Crippen LogP contribution is 2.65. The van der Waals surface area contributed by atoms with Crippen LogP contribution in [0.3, 0.4) is 0 Å². The van der Waals surface area contributed by atoms with Crippen molar-refractivity contribution in [2.24, 2.45) is 5.92 Å². The number of carbonyl (C=O) groups excluding carboxylic acids is 1. The number of rotatable bonds is 8. The number of carbonyl (C=O) groups is 1. The summed E-state index contributed by atoms with van der Waals surface area (Å²) in [5.41, 5.74) is 0.149. The zero-order chi connectivity index (χ0) is 28.5. The molecule has 0 spiro atoms. The van der Waals surface area contributed by atoms with E-state index in [1.165, 1.54) is 0 Å². The Morgan fingerprint density at radius 3 is 2.50 bits per heavy atom. The molecule has 0 radical (unpaired) electrons. The zero-order valence-corrected chi connectivity index (χ0v) is 22.7. The second-order valence-corrected chi connectivity index (χ2v) is 11.3. The summed E-state index contributed by atoms with van der Waals surface area (Å²) in [5, 5.41) is 12.0. The molecular weight excluding hydrogens is 522 g/mol. The maximum atomic E-state index is 13.9. The van der Waals surface area contributed by atoms with E-state index in [2.05, 4.69) is 28.1 Å². The quantitative estimate of drug-likeness (QED) is 0.423. The Labute approximate surface area is 232 Å². The minimum absolute atomic E-state index is 0.0744. The SMILES string of the molecule is CCCN1CCN(CCN(C(=O)Nc2ccc(F)c(C(F)(F)F)c2)[C@@H]2CC[C@]3(c4cccc(C#N)c4)C[C@H]23)CC1. The van der Waals surface area contributed by atoms with Crippen molar-refractivity contribution in [1.82, 2.24) is 14.7 Å². The molecular formula is C30H35F4N5O. The van der Waals surface area contributed by atoms with Gasteiger partial charge in [0.05, 0.1) is 17.2 Å². The second kappa shape index (κ2) is 11.4.